The second-order valence-electron chi connectivity index (χ2n) is 5.20. The fraction of sp³-hybridized carbons (Fsp3) is 0.400. The fourth-order valence-corrected chi connectivity index (χ4v) is 3.48. The van der Waals surface area contributed by atoms with E-state index in [9.17, 15) is 18.8 Å². The maximum Gasteiger partial charge on any atom is 0.305 e. The number of amides is 2. The summed E-state index contributed by atoms with van der Waals surface area (Å²) in [5, 5.41) is 11.5. The number of nitrogens with one attached hydrogen (secondary N) is 1. The van der Waals surface area contributed by atoms with Gasteiger partial charge >= 0.3 is 5.97 Å². The molecule has 1 aliphatic rings. The first-order valence-corrected chi connectivity index (χ1v) is 8.21. The monoisotopic (exact) mass is 340 g/mol. The van der Waals surface area contributed by atoms with Gasteiger partial charge in [0.2, 0.25) is 5.91 Å². The van der Waals surface area contributed by atoms with Crippen molar-refractivity contribution in [1.82, 2.24) is 4.90 Å². The number of aliphatic carboxylic acids is 1. The molecule has 6 nitrogen and oxygen atoms in total. The molecule has 1 unspecified atom stereocenters. The summed E-state index contributed by atoms with van der Waals surface area (Å²) in [6.07, 6.45) is -0.175. The Balaban J connectivity index is 2.26. The van der Waals surface area contributed by atoms with Gasteiger partial charge in [-0.2, -0.15) is 11.8 Å². The van der Waals surface area contributed by atoms with E-state index in [0.29, 0.717) is 23.7 Å². The number of hydrogen-bond acceptors (Lipinski definition) is 4. The lowest BCUT2D eigenvalue weighted by Crippen LogP contribution is -2.47. The van der Waals surface area contributed by atoms with Gasteiger partial charge in [-0.3, -0.25) is 14.4 Å². The van der Waals surface area contributed by atoms with Crippen molar-refractivity contribution in [3.05, 3.63) is 29.6 Å². The zero-order valence-corrected chi connectivity index (χ0v) is 13.4. The van der Waals surface area contributed by atoms with E-state index in [0.717, 1.165) is 6.07 Å². The van der Waals surface area contributed by atoms with Crippen LogP contribution in [-0.4, -0.2) is 51.9 Å². The molecule has 1 heterocycles. The quantitative estimate of drug-likeness (QED) is 0.873. The number of carbonyl (C=O) groups is 3. The molecule has 23 heavy (non-hydrogen) atoms. The van der Waals surface area contributed by atoms with Crippen LogP contribution in [0, 0.1) is 5.82 Å². The van der Waals surface area contributed by atoms with E-state index in [1.807, 2.05) is 0 Å². The molecule has 1 atom stereocenters. The Morgan fingerprint density at radius 1 is 1.43 bits per heavy atom. The molecule has 2 amide bonds. The number of thioether (sulfide) groups is 1. The minimum absolute atomic E-state index is 0.168. The van der Waals surface area contributed by atoms with Crippen molar-refractivity contribution in [2.75, 3.05) is 23.4 Å². The second kappa shape index (κ2) is 7.45. The summed E-state index contributed by atoms with van der Waals surface area (Å²) in [4.78, 5) is 36.1. The number of carboxylic acids is 1. The average molecular weight is 340 g/mol. The molecule has 8 heteroatoms. The van der Waals surface area contributed by atoms with Gasteiger partial charge in [-0.15, -0.1) is 0 Å². The van der Waals surface area contributed by atoms with Crippen LogP contribution < -0.4 is 5.32 Å². The minimum Gasteiger partial charge on any atom is -0.481 e. The molecule has 1 aromatic carbocycles. The van der Waals surface area contributed by atoms with Crippen molar-refractivity contribution in [1.29, 1.82) is 0 Å². The molecule has 2 rings (SSSR count). The molecule has 0 saturated carbocycles. The van der Waals surface area contributed by atoms with Crippen molar-refractivity contribution >= 4 is 35.2 Å². The van der Waals surface area contributed by atoms with E-state index < -0.39 is 23.7 Å². The van der Waals surface area contributed by atoms with E-state index in [1.54, 1.807) is 11.8 Å². The van der Waals surface area contributed by atoms with Crippen molar-refractivity contribution in [2.45, 2.75) is 19.4 Å². The van der Waals surface area contributed by atoms with Crippen LogP contribution in [-0.2, 0) is 9.59 Å². The molecule has 0 aromatic heterocycles. The molecule has 2 N–H and O–H groups in total. The summed E-state index contributed by atoms with van der Waals surface area (Å²) < 4.78 is 14.0. The standard InChI is InChI=1S/C15H17FN2O4S/c1-9(19)17-10-2-3-13(16)12(6-10)15(22)18-4-5-23-8-11(18)7-14(20)21/h2-3,6,11H,4-5,7-8H2,1H3,(H,17,19)(H,20,21). The van der Waals surface area contributed by atoms with Crippen LogP contribution in [0.25, 0.3) is 0 Å². The lowest BCUT2D eigenvalue weighted by atomic mass is 10.1. The summed E-state index contributed by atoms with van der Waals surface area (Å²) >= 11 is 1.57. The predicted molar refractivity (Wildman–Crippen MR) is 85.1 cm³/mol. The van der Waals surface area contributed by atoms with Crippen LogP contribution in [0.15, 0.2) is 18.2 Å². The van der Waals surface area contributed by atoms with Crippen molar-refractivity contribution in [3.63, 3.8) is 0 Å². The summed E-state index contributed by atoms with van der Waals surface area (Å²) in [6.45, 7) is 1.68. The van der Waals surface area contributed by atoms with Crippen LogP contribution in [0.5, 0.6) is 0 Å². The van der Waals surface area contributed by atoms with Crippen LogP contribution in [0.2, 0.25) is 0 Å². The van der Waals surface area contributed by atoms with Gasteiger partial charge in [-0.05, 0) is 18.2 Å². The maximum absolute atomic E-state index is 14.0. The van der Waals surface area contributed by atoms with E-state index in [4.69, 9.17) is 5.11 Å². The van der Waals surface area contributed by atoms with Crippen LogP contribution in [0.3, 0.4) is 0 Å². The van der Waals surface area contributed by atoms with Gasteiger partial charge in [0.1, 0.15) is 5.82 Å². The molecule has 1 saturated heterocycles. The molecular weight excluding hydrogens is 323 g/mol. The third-order valence-corrected chi connectivity index (χ3v) is 4.51. The molecule has 0 radical (unpaired) electrons. The largest absolute Gasteiger partial charge is 0.481 e. The highest BCUT2D eigenvalue weighted by molar-refractivity contribution is 7.99. The van der Waals surface area contributed by atoms with Gasteiger partial charge in [0.15, 0.2) is 0 Å². The van der Waals surface area contributed by atoms with E-state index in [-0.39, 0.29) is 17.9 Å². The zero-order valence-electron chi connectivity index (χ0n) is 12.5. The first-order valence-electron chi connectivity index (χ1n) is 7.06. The highest BCUT2D eigenvalue weighted by Crippen LogP contribution is 2.24. The Morgan fingerprint density at radius 3 is 2.83 bits per heavy atom. The lowest BCUT2D eigenvalue weighted by Gasteiger charge is -2.34. The zero-order chi connectivity index (χ0) is 17.0. The van der Waals surface area contributed by atoms with Crippen LogP contribution in [0.4, 0.5) is 10.1 Å². The Bertz CT molecular complexity index is 638. The van der Waals surface area contributed by atoms with Gasteiger partial charge in [0.25, 0.3) is 5.91 Å². The maximum atomic E-state index is 14.0. The van der Waals surface area contributed by atoms with Gasteiger partial charge in [-0.25, -0.2) is 4.39 Å². The molecule has 1 fully saturated rings. The van der Waals surface area contributed by atoms with E-state index in [2.05, 4.69) is 5.32 Å². The number of carboxylic acid groups (broad SMARTS) is 1. The average Bonchev–Trinajstić information content (AvgIpc) is 2.48. The highest BCUT2D eigenvalue weighted by Gasteiger charge is 2.30. The van der Waals surface area contributed by atoms with Gasteiger partial charge in [0, 0.05) is 30.7 Å². The fourth-order valence-electron chi connectivity index (χ4n) is 2.42. The molecule has 0 aliphatic carbocycles. The normalized spacial score (nSPS) is 17.7. The SMILES string of the molecule is CC(=O)Nc1ccc(F)c(C(=O)N2CCSCC2CC(=O)O)c1. The van der Waals surface area contributed by atoms with Gasteiger partial charge in [-0.1, -0.05) is 0 Å². The number of hydrogen-bond donors (Lipinski definition) is 2. The highest BCUT2D eigenvalue weighted by atomic mass is 32.2. The predicted octanol–water partition coefficient (Wildman–Crippen LogP) is 1.82. The van der Waals surface area contributed by atoms with Crippen molar-refractivity contribution < 1.29 is 23.9 Å². The Labute approximate surface area is 137 Å². The smallest absolute Gasteiger partial charge is 0.305 e. The number of rotatable bonds is 4. The van der Waals surface area contributed by atoms with E-state index in [1.165, 1.54) is 24.0 Å². The molecular formula is C15H17FN2O4S. The molecule has 1 aromatic rings. The van der Waals surface area contributed by atoms with Crippen molar-refractivity contribution in [2.24, 2.45) is 0 Å². The third kappa shape index (κ3) is 4.44. The minimum atomic E-state index is -0.997. The van der Waals surface area contributed by atoms with Crippen LogP contribution in [0.1, 0.15) is 23.7 Å². The van der Waals surface area contributed by atoms with Crippen molar-refractivity contribution in [3.8, 4) is 0 Å². The Hall–Kier alpha value is -2.09. The topological polar surface area (TPSA) is 86.7 Å². The first kappa shape index (κ1) is 17.3. The second-order valence-corrected chi connectivity index (χ2v) is 6.35. The molecule has 1 aliphatic heterocycles. The summed E-state index contributed by atoms with van der Waals surface area (Å²) in [7, 11) is 0. The summed E-state index contributed by atoms with van der Waals surface area (Å²) in [5.41, 5.74) is 0.155. The number of benzene rings is 1. The lowest BCUT2D eigenvalue weighted by molar-refractivity contribution is -0.138. The van der Waals surface area contributed by atoms with Gasteiger partial charge in [0.05, 0.1) is 18.0 Å². The number of nitrogens with zero attached hydrogens (tertiary/aromatic N) is 1. The third-order valence-electron chi connectivity index (χ3n) is 3.42. The number of carbonyl (C=O) groups excluding carboxylic acids is 2. The molecule has 0 bridgehead atoms. The van der Waals surface area contributed by atoms with Crippen LogP contribution >= 0.6 is 11.8 Å². The van der Waals surface area contributed by atoms with Gasteiger partial charge < -0.3 is 15.3 Å². The number of halogens is 1. The summed E-state index contributed by atoms with van der Waals surface area (Å²) in [5.74, 6) is -1.39. The summed E-state index contributed by atoms with van der Waals surface area (Å²) in [6, 6.07) is 3.29. The van der Waals surface area contributed by atoms with E-state index >= 15 is 0 Å². The molecule has 0 spiro atoms. The first-order chi connectivity index (χ1) is 10.9. The Morgan fingerprint density at radius 2 is 2.17 bits per heavy atom. The molecule has 124 valence electrons. The number of anilines is 1. The Kier molecular flexibility index (Phi) is 5.59.